The Morgan fingerprint density at radius 3 is 2.35 bits per heavy atom. The fourth-order valence-electron chi connectivity index (χ4n) is 7.50. The summed E-state index contributed by atoms with van der Waals surface area (Å²) < 4.78 is 6.57. The minimum atomic E-state index is -0.168. The first kappa shape index (κ1) is 27.9. The molecule has 1 spiro atoms. The first-order valence-electron chi connectivity index (χ1n) is 15.2. The molecule has 0 aliphatic carbocycles. The van der Waals surface area contributed by atoms with E-state index in [4.69, 9.17) is 4.74 Å². The van der Waals surface area contributed by atoms with Gasteiger partial charge in [-0.25, -0.2) is 0 Å². The van der Waals surface area contributed by atoms with Crippen molar-refractivity contribution in [3.8, 4) is 0 Å². The molecule has 2 aromatic rings. The van der Waals surface area contributed by atoms with E-state index in [1.165, 1.54) is 11.1 Å². The van der Waals surface area contributed by atoms with Gasteiger partial charge in [0.1, 0.15) is 0 Å². The van der Waals surface area contributed by atoms with E-state index in [0.717, 1.165) is 82.3 Å². The van der Waals surface area contributed by atoms with Gasteiger partial charge in [-0.3, -0.25) is 9.59 Å². The highest BCUT2D eigenvalue weighted by atomic mass is 79.9. The Labute approximate surface area is 247 Å². The maximum Gasteiger partial charge on any atom is 0.229 e. The Morgan fingerprint density at radius 1 is 0.925 bits per heavy atom. The standard InChI is InChI=1S/C33H42BrN3O3/c34-29-8-6-25(7-9-29)22-36-19-15-33(32(36)39)13-17-35(18-14-33)16-10-28-23-37(31(38)27-11-20-40-21-12-27)24-30(28)26-4-2-1-3-5-26/h1-9,27-28,30H,10-24H2. The van der Waals surface area contributed by atoms with Gasteiger partial charge in [0.25, 0.3) is 0 Å². The second-order valence-corrected chi connectivity index (χ2v) is 13.3. The zero-order valence-electron chi connectivity index (χ0n) is 23.5. The van der Waals surface area contributed by atoms with Gasteiger partial charge >= 0.3 is 0 Å². The van der Waals surface area contributed by atoms with Gasteiger partial charge in [-0.05, 0) is 87.3 Å². The maximum atomic E-state index is 13.5. The molecule has 7 heteroatoms. The normalized spacial score (nSPS) is 25.7. The molecule has 0 radical (unpaired) electrons. The van der Waals surface area contributed by atoms with E-state index in [9.17, 15) is 9.59 Å². The van der Waals surface area contributed by atoms with Crippen molar-refractivity contribution < 1.29 is 14.3 Å². The third-order valence-electron chi connectivity index (χ3n) is 10.1. The number of carbonyl (C=O) groups is 2. The molecule has 2 unspecified atom stereocenters. The van der Waals surface area contributed by atoms with Crippen molar-refractivity contribution in [1.82, 2.24) is 14.7 Å². The lowest BCUT2D eigenvalue weighted by atomic mass is 9.77. The van der Waals surface area contributed by atoms with Crippen LogP contribution in [0.15, 0.2) is 59.1 Å². The van der Waals surface area contributed by atoms with Crippen LogP contribution >= 0.6 is 15.9 Å². The molecule has 6 rings (SSSR count). The minimum Gasteiger partial charge on any atom is -0.381 e. The van der Waals surface area contributed by atoms with Crippen molar-refractivity contribution in [2.24, 2.45) is 17.3 Å². The summed E-state index contributed by atoms with van der Waals surface area (Å²) >= 11 is 3.50. The van der Waals surface area contributed by atoms with Crippen molar-refractivity contribution in [1.29, 1.82) is 0 Å². The molecule has 6 nitrogen and oxygen atoms in total. The second kappa shape index (κ2) is 12.3. The monoisotopic (exact) mass is 607 g/mol. The Kier molecular flexibility index (Phi) is 8.61. The highest BCUT2D eigenvalue weighted by molar-refractivity contribution is 9.10. The van der Waals surface area contributed by atoms with E-state index in [2.05, 4.69) is 85.2 Å². The lowest BCUT2D eigenvalue weighted by molar-refractivity contribution is -0.139. The molecule has 4 fully saturated rings. The van der Waals surface area contributed by atoms with Crippen molar-refractivity contribution in [2.45, 2.75) is 51.0 Å². The highest BCUT2D eigenvalue weighted by Gasteiger charge is 2.48. The van der Waals surface area contributed by atoms with Crippen molar-refractivity contribution in [2.75, 3.05) is 52.5 Å². The van der Waals surface area contributed by atoms with Crippen LogP contribution in [0.3, 0.4) is 0 Å². The Balaban J connectivity index is 1.04. The van der Waals surface area contributed by atoms with Gasteiger partial charge < -0.3 is 19.4 Å². The first-order chi connectivity index (χ1) is 19.5. The van der Waals surface area contributed by atoms with Gasteiger partial charge in [0, 0.05) is 55.7 Å². The van der Waals surface area contributed by atoms with Crippen LogP contribution in [-0.2, 0) is 20.9 Å². The lowest BCUT2D eigenvalue weighted by Gasteiger charge is -2.38. The van der Waals surface area contributed by atoms with E-state index >= 15 is 0 Å². The molecule has 0 aromatic heterocycles. The number of carbonyl (C=O) groups excluding carboxylic acids is 2. The molecule has 2 amide bonds. The number of likely N-dealkylation sites (tertiary alicyclic amines) is 3. The summed E-state index contributed by atoms with van der Waals surface area (Å²) in [6, 6.07) is 19.1. The Bertz CT molecular complexity index is 1160. The van der Waals surface area contributed by atoms with Crippen LogP contribution in [-0.4, -0.2) is 79.0 Å². The zero-order chi connectivity index (χ0) is 27.5. The van der Waals surface area contributed by atoms with E-state index in [1.54, 1.807) is 0 Å². The average Bonchev–Trinajstić information content (AvgIpc) is 3.56. The maximum absolute atomic E-state index is 13.5. The second-order valence-electron chi connectivity index (χ2n) is 12.4. The number of hydrogen-bond acceptors (Lipinski definition) is 4. The lowest BCUT2D eigenvalue weighted by Crippen LogP contribution is -2.45. The molecule has 214 valence electrons. The third kappa shape index (κ3) is 6.02. The van der Waals surface area contributed by atoms with Crippen LogP contribution < -0.4 is 0 Å². The van der Waals surface area contributed by atoms with Crippen molar-refractivity contribution in [3.05, 3.63) is 70.2 Å². The number of nitrogens with zero attached hydrogens (tertiary/aromatic N) is 3. The molecule has 4 heterocycles. The summed E-state index contributed by atoms with van der Waals surface area (Å²) in [4.78, 5) is 33.7. The molecule has 40 heavy (non-hydrogen) atoms. The topological polar surface area (TPSA) is 53.1 Å². The molecule has 4 saturated heterocycles. The van der Waals surface area contributed by atoms with E-state index in [-0.39, 0.29) is 11.3 Å². The molecule has 2 aromatic carbocycles. The third-order valence-corrected chi connectivity index (χ3v) is 10.6. The largest absolute Gasteiger partial charge is 0.381 e. The number of rotatable bonds is 7. The number of benzene rings is 2. The number of halogens is 1. The highest BCUT2D eigenvalue weighted by Crippen LogP contribution is 2.43. The molecule has 4 aliphatic rings. The Hall–Kier alpha value is -2.22. The van der Waals surface area contributed by atoms with Crippen molar-refractivity contribution in [3.63, 3.8) is 0 Å². The summed E-state index contributed by atoms with van der Waals surface area (Å²) in [5, 5.41) is 0. The summed E-state index contributed by atoms with van der Waals surface area (Å²) in [6.07, 6.45) is 5.70. The predicted molar refractivity (Wildman–Crippen MR) is 160 cm³/mol. The van der Waals surface area contributed by atoms with Gasteiger partial charge in [-0.1, -0.05) is 58.4 Å². The van der Waals surface area contributed by atoms with Gasteiger partial charge in [-0.15, -0.1) is 0 Å². The Morgan fingerprint density at radius 2 is 1.62 bits per heavy atom. The summed E-state index contributed by atoms with van der Waals surface area (Å²) in [5.41, 5.74) is 2.38. The summed E-state index contributed by atoms with van der Waals surface area (Å²) in [6.45, 7) is 7.70. The molecule has 0 bridgehead atoms. The summed E-state index contributed by atoms with van der Waals surface area (Å²) in [7, 11) is 0. The van der Waals surface area contributed by atoms with Gasteiger partial charge in [0.2, 0.25) is 11.8 Å². The van der Waals surface area contributed by atoms with Gasteiger partial charge in [0.15, 0.2) is 0 Å². The molecular formula is C33H42BrN3O3. The van der Waals surface area contributed by atoms with Crippen LogP contribution in [0.2, 0.25) is 0 Å². The van der Waals surface area contributed by atoms with Crippen LogP contribution in [0, 0.1) is 17.3 Å². The molecule has 2 atom stereocenters. The molecule has 4 aliphatic heterocycles. The molecular weight excluding hydrogens is 566 g/mol. The average molecular weight is 609 g/mol. The number of hydrogen-bond donors (Lipinski definition) is 0. The number of amides is 2. The quantitative estimate of drug-likeness (QED) is 0.427. The smallest absolute Gasteiger partial charge is 0.229 e. The minimum absolute atomic E-state index is 0.120. The summed E-state index contributed by atoms with van der Waals surface area (Å²) in [5.74, 6) is 1.67. The fourth-order valence-corrected chi connectivity index (χ4v) is 7.76. The van der Waals surface area contributed by atoms with Gasteiger partial charge in [0.05, 0.1) is 5.41 Å². The molecule has 0 saturated carbocycles. The fraction of sp³-hybridized carbons (Fsp3) is 0.576. The van der Waals surface area contributed by atoms with E-state index in [1.807, 2.05) is 0 Å². The van der Waals surface area contributed by atoms with Crippen LogP contribution in [0.5, 0.6) is 0 Å². The number of ether oxygens (including phenoxy) is 1. The van der Waals surface area contributed by atoms with Crippen LogP contribution in [0.1, 0.15) is 55.6 Å². The number of piperidine rings is 1. The van der Waals surface area contributed by atoms with E-state index in [0.29, 0.717) is 43.4 Å². The van der Waals surface area contributed by atoms with Gasteiger partial charge in [-0.2, -0.15) is 0 Å². The zero-order valence-corrected chi connectivity index (χ0v) is 25.1. The van der Waals surface area contributed by atoms with Crippen LogP contribution in [0.25, 0.3) is 0 Å². The van der Waals surface area contributed by atoms with Crippen molar-refractivity contribution >= 4 is 27.7 Å². The SMILES string of the molecule is O=C(C1CCOCC1)N1CC(CCN2CCC3(CC2)CCN(Cc2ccc(Br)cc2)C3=O)C(c2ccccc2)C1. The van der Waals surface area contributed by atoms with Crippen LogP contribution in [0.4, 0.5) is 0 Å². The van der Waals surface area contributed by atoms with E-state index < -0.39 is 0 Å². The molecule has 0 N–H and O–H groups in total. The first-order valence-corrected chi connectivity index (χ1v) is 16.0. The predicted octanol–water partition coefficient (Wildman–Crippen LogP) is 5.32.